The van der Waals surface area contributed by atoms with Gasteiger partial charge in [0, 0.05) is 45.0 Å². The topological polar surface area (TPSA) is 247 Å². The molecular formula is C40H50N4O13S4. The number of hydrogen-bond donors (Lipinski definition) is 5. The van der Waals surface area contributed by atoms with E-state index >= 15 is 0 Å². The third-order valence-electron chi connectivity index (χ3n) is 7.92. The SMILES string of the molecule is CCOC(=O)C(CCSC(=O)C(CCSC(=O)c1ccccc1OC(=O)c1ccccc1OC(=O)C(CCSC(=O)C(CCS)NC(C)=O)NC(C)=O)NC(C)=O)NC(C)=O. The molecule has 0 aliphatic heterocycles. The molecule has 0 heterocycles. The second kappa shape index (κ2) is 27.9. The van der Waals surface area contributed by atoms with E-state index in [0.717, 1.165) is 35.3 Å². The lowest BCUT2D eigenvalue weighted by Gasteiger charge is -2.19. The largest absolute Gasteiger partial charge is 0.464 e. The Bertz CT molecular complexity index is 1910. The van der Waals surface area contributed by atoms with Gasteiger partial charge in [0.2, 0.25) is 39.0 Å². The van der Waals surface area contributed by atoms with Crippen LogP contribution in [0, 0.1) is 0 Å². The van der Waals surface area contributed by atoms with Gasteiger partial charge in [-0.1, -0.05) is 59.6 Å². The average Bonchev–Trinajstić information content (AvgIpc) is 3.19. The van der Waals surface area contributed by atoms with Crippen molar-refractivity contribution in [2.24, 2.45) is 0 Å². The van der Waals surface area contributed by atoms with Gasteiger partial charge in [-0.05, 0) is 62.6 Å². The monoisotopic (exact) mass is 922 g/mol. The molecule has 21 heteroatoms. The Morgan fingerprint density at radius 2 is 0.951 bits per heavy atom. The van der Waals surface area contributed by atoms with Crippen LogP contribution in [0.5, 0.6) is 11.5 Å². The predicted octanol–water partition coefficient (Wildman–Crippen LogP) is 3.28. The fourth-order valence-electron chi connectivity index (χ4n) is 5.24. The molecule has 0 spiro atoms. The Morgan fingerprint density at radius 1 is 0.541 bits per heavy atom. The van der Waals surface area contributed by atoms with Gasteiger partial charge in [-0.2, -0.15) is 12.6 Å². The molecule has 4 unspecified atom stereocenters. The first kappa shape index (κ1) is 52.3. The maximum atomic E-state index is 13.5. The molecule has 4 N–H and O–H groups in total. The van der Waals surface area contributed by atoms with Crippen molar-refractivity contribution in [3.05, 3.63) is 59.7 Å². The lowest BCUT2D eigenvalue weighted by atomic mass is 10.2. The number of carbonyl (C=O) groups is 10. The Kier molecular flexibility index (Phi) is 23.9. The molecule has 0 bridgehead atoms. The van der Waals surface area contributed by atoms with Crippen LogP contribution < -0.4 is 30.7 Å². The van der Waals surface area contributed by atoms with E-state index in [1.807, 2.05) is 0 Å². The van der Waals surface area contributed by atoms with Gasteiger partial charge in [-0.25, -0.2) is 14.4 Å². The summed E-state index contributed by atoms with van der Waals surface area (Å²) in [5.41, 5.74) is -0.162. The van der Waals surface area contributed by atoms with Crippen LogP contribution >= 0.6 is 47.9 Å². The number of nitrogens with one attached hydrogen (secondary N) is 4. The third kappa shape index (κ3) is 19.6. The Hall–Kier alpha value is -4.86. The van der Waals surface area contributed by atoms with Crippen LogP contribution in [0.1, 0.15) is 81.0 Å². The van der Waals surface area contributed by atoms with Gasteiger partial charge in [0.05, 0.1) is 24.3 Å². The van der Waals surface area contributed by atoms with E-state index in [0.29, 0.717) is 12.2 Å². The first-order chi connectivity index (χ1) is 29.0. The number of thioether (sulfide) groups is 3. The highest BCUT2D eigenvalue weighted by atomic mass is 32.2. The smallest absolute Gasteiger partial charge is 0.347 e. The quantitative estimate of drug-likeness (QED) is 0.0576. The maximum absolute atomic E-state index is 13.5. The number of esters is 3. The molecule has 0 aliphatic rings. The summed E-state index contributed by atoms with van der Waals surface area (Å²) in [7, 11) is 0. The van der Waals surface area contributed by atoms with Gasteiger partial charge in [0.15, 0.2) is 0 Å². The second-order valence-electron chi connectivity index (χ2n) is 12.9. The number of hydrogen-bond acceptors (Lipinski definition) is 17. The van der Waals surface area contributed by atoms with Gasteiger partial charge < -0.3 is 35.5 Å². The Labute approximate surface area is 371 Å². The Balaban J connectivity index is 2.10. The van der Waals surface area contributed by atoms with E-state index in [-0.39, 0.29) is 76.8 Å². The van der Waals surface area contributed by atoms with Crippen LogP contribution in [0.4, 0.5) is 0 Å². The van der Waals surface area contributed by atoms with Crippen molar-refractivity contribution in [1.29, 1.82) is 0 Å². The molecule has 0 fully saturated rings. The lowest BCUT2D eigenvalue weighted by Crippen LogP contribution is -2.43. The zero-order valence-corrected chi connectivity index (χ0v) is 37.6. The highest BCUT2D eigenvalue weighted by Crippen LogP contribution is 2.27. The molecule has 0 saturated heterocycles. The molecule has 4 amide bonds. The summed E-state index contributed by atoms with van der Waals surface area (Å²) in [5.74, 6) is -4.08. The zero-order valence-electron chi connectivity index (χ0n) is 34.3. The summed E-state index contributed by atoms with van der Waals surface area (Å²) in [6.45, 7) is 6.71. The number of rotatable bonds is 24. The first-order valence-electron chi connectivity index (χ1n) is 18.9. The fourth-order valence-corrected chi connectivity index (χ4v) is 8.22. The van der Waals surface area contributed by atoms with Gasteiger partial charge in [0.25, 0.3) is 0 Å². The number of carbonyl (C=O) groups excluding carboxylic acids is 10. The highest BCUT2D eigenvalue weighted by Gasteiger charge is 2.28. The molecule has 2 aromatic rings. The lowest BCUT2D eigenvalue weighted by molar-refractivity contribution is -0.147. The molecule has 332 valence electrons. The number of amides is 4. The standard InChI is InChI=1S/C40H50N4O13S4/c1-6-55-36(50)29(41-23(2)45)16-20-61-40(54)32(44-26(5)48)18-22-59-38(52)28-12-8-10-14-34(28)56-35(49)27-11-7-9-13-33(27)57-37(51)30(42-24(3)46)17-21-60-39(53)31(15-19-58)43-25(4)47/h7-14,29-32,58H,6,15-22H2,1-5H3,(H,41,45)(H,42,46)(H,43,47)(H,44,48). The second-order valence-corrected chi connectivity index (χ2v) is 16.6. The van der Waals surface area contributed by atoms with Gasteiger partial charge in [-0.3, -0.25) is 33.6 Å². The van der Waals surface area contributed by atoms with Gasteiger partial charge in [0.1, 0.15) is 29.1 Å². The number of thiol groups is 1. The number of ether oxygens (including phenoxy) is 3. The summed E-state index contributed by atoms with van der Waals surface area (Å²) in [6, 6.07) is 7.68. The van der Waals surface area contributed by atoms with E-state index < -0.39 is 70.0 Å². The molecular weight excluding hydrogens is 873 g/mol. The highest BCUT2D eigenvalue weighted by molar-refractivity contribution is 8.14. The molecule has 2 aromatic carbocycles. The van der Waals surface area contributed by atoms with E-state index in [4.69, 9.17) is 14.2 Å². The molecule has 0 aromatic heterocycles. The zero-order chi connectivity index (χ0) is 45.5. The molecule has 0 saturated carbocycles. The molecule has 4 atom stereocenters. The predicted molar refractivity (Wildman–Crippen MR) is 235 cm³/mol. The van der Waals surface area contributed by atoms with Crippen molar-refractivity contribution < 1.29 is 62.2 Å². The minimum Gasteiger partial charge on any atom is -0.464 e. The Morgan fingerprint density at radius 3 is 1.44 bits per heavy atom. The summed E-state index contributed by atoms with van der Waals surface area (Å²) < 4.78 is 16.1. The van der Waals surface area contributed by atoms with Crippen molar-refractivity contribution in [2.75, 3.05) is 29.6 Å². The molecule has 17 nitrogen and oxygen atoms in total. The summed E-state index contributed by atoms with van der Waals surface area (Å²) >= 11 is 6.67. The van der Waals surface area contributed by atoms with Crippen LogP contribution in [0.3, 0.4) is 0 Å². The summed E-state index contributed by atoms with van der Waals surface area (Å²) in [6.07, 6.45) is 0.416. The molecule has 0 aliphatic carbocycles. The molecule has 2 rings (SSSR count). The van der Waals surface area contributed by atoms with Gasteiger partial charge in [-0.15, -0.1) is 0 Å². The van der Waals surface area contributed by atoms with Crippen molar-refractivity contribution >= 4 is 105 Å². The van der Waals surface area contributed by atoms with E-state index in [2.05, 4.69) is 33.9 Å². The number of benzene rings is 2. The van der Waals surface area contributed by atoms with E-state index in [1.165, 1.54) is 70.2 Å². The molecule has 0 radical (unpaired) electrons. The normalized spacial score (nSPS) is 12.6. The van der Waals surface area contributed by atoms with Gasteiger partial charge >= 0.3 is 17.9 Å². The summed E-state index contributed by atoms with van der Waals surface area (Å²) in [5, 5.41) is 8.84. The molecule has 61 heavy (non-hydrogen) atoms. The van der Waals surface area contributed by atoms with E-state index in [9.17, 15) is 47.9 Å². The minimum atomic E-state index is -1.21. The maximum Gasteiger partial charge on any atom is 0.347 e. The van der Waals surface area contributed by atoms with Crippen LogP contribution in [0.15, 0.2) is 48.5 Å². The average molecular weight is 923 g/mol. The summed E-state index contributed by atoms with van der Waals surface area (Å²) in [4.78, 5) is 125. The fraction of sp³-hybridized carbons (Fsp3) is 0.450. The van der Waals surface area contributed by atoms with Crippen LogP contribution in [0.25, 0.3) is 0 Å². The minimum absolute atomic E-state index is 0.0166. The van der Waals surface area contributed by atoms with Crippen molar-refractivity contribution in [3.63, 3.8) is 0 Å². The number of para-hydroxylation sites is 2. The first-order valence-corrected chi connectivity index (χ1v) is 22.5. The van der Waals surface area contributed by atoms with Crippen molar-refractivity contribution in [2.45, 2.75) is 84.5 Å². The van der Waals surface area contributed by atoms with Crippen LogP contribution in [-0.2, 0) is 43.1 Å². The van der Waals surface area contributed by atoms with Crippen LogP contribution in [-0.4, -0.2) is 111 Å². The van der Waals surface area contributed by atoms with Crippen molar-refractivity contribution in [1.82, 2.24) is 21.3 Å². The van der Waals surface area contributed by atoms with Crippen molar-refractivity contribution in [3.8, 4) is 11.5 Å². The third-order valence-corrected chi connectivity index (χ3v) is 11.1. The van der Waals surface area contributed by atoms with E-state index in [1.54, 1.807) is 13.0 Å². The van der Waals surface area contributed by atoms with Crippen LogP contribution in [0.2, 0.25) is 0 Å².